The predicted molar refractivity (Wildman–Crippen MR) is 92.4 cm³/mol. The summed E-state index contributed by atoms with van der Waals surface area (Å²) in [7, 11) is 0. The van der Waals surface area contributed by atoms with Gasteiger partial charge in [-0.2, -0.15) is 0 Å². The first-order chi connectivity index (χ1) is 9.99. The maximum atomic E-state index is 12.2. The topological polar surface area (TPSA) is 49.3 Å². The zero-order chi connectivity index (χ0) is 15.4. The van der Waals surface area contributed by atoms with Gasteiger partial charge in [0.2, 0.25) is 0 Å². The molecular formula is C17H18INO2. The molecule has 0 bridgehead atoms. The van der Waals surface area contributed by atoms with Crippen molar-refractivity contribution in [2.75, 3.05) is 6.54 Å². The number of nitrogens with one attached hydrogen (secondary N) is 1. The molecule has 0 saturated carbocycles. The van der Waals surface area contributed by atoms with Crippen molar-refractivity contribution in [3.63, 3.8) is 0 Å². The molecule has 0 aliphatic heterocycles. The number of carbonyl (C=O) groups excluding carboxylic acids is 1. The number of hydrogen-bond acceptors (Lipinski definition) is 2. The lowest BCUT2D eigenvalue weighted by Gasteiger charge is -2.14. The van der Waals surface area contributed by atoms with Crippen molar-refractivity contribution < 1.29 is 9.90 Å². The number of aliphatic hydroxyl groups excluding tert-OH is 1. The molecule has 0 radical (unpaired) electrons. The largest absolute Gasteiger partial charge is 0.387 e. The zero-order valence-electron chi connectivity index (χ0n) is 12.1. The van der Waals surface area contributed by atoms with Gasteiger partial charge in [-0.1, -0.05) is 35.9 Å². The highest BCUT2D eigenvalue weighted by Gasteiger charge is 2.13. The smallest absolute Gasteiger partial charge is 0.251 e. The molecule has 110 valence electrons. The number of carbonyl (C=O) groups is 1. The second kappa shape index (κ2) is 7.04. The van der Waals surface area contributed by atoms with E-state index in [-0.39, 0.29) is 12.5 Å². The third-order valence-corrected chi connectivity index (χ3v) is 4.60. The van der Waals surface area contributed by atoms with Gasteiger partial charge in [-0.3, -0.25) is 4.79 Å². The quantitative estimate of drug-likeness (QED) is 0.781. The van der Waals surface area contributed by atoms with Gasteiger partial charge in [-0.25, -0.2) is 0 Å². The zero-order valence-corrected chi connectivity index (χ0v) is 14.2. The molecule has 0 aliphatic carbocycles. The lowest BCUT2D eigenvalue weighted by Crippen LogP contribution is -2.29. The SMILES string of the molecule is Cc1ccc([C@@H](O)CNC(=O)c2cccc(I)c2C)cc1. The van der Waals surface area contributed by atoms with Gasteiger partial charge >= 0.3 is 0 Å². The number of amides is 1. The second-order valence-corrected chi connectivity index (χ2v) is 6.21. The van der Waals surface area contributed by atoms with Gasteiger partial charge in [0, 0.05) is 15.7 Å². The number of rotatable bonds is 4. The molecule has 0 unspecified atom stereocenters. The molecule has 2 aromatic carbocycles. The first-order valence-corrected chi connectivity index (χ1v) is 7.85. The Morgan fingerprint density at radius 1 is 1.19 bits per heavy atom. The number of halogens is 1. The summed E-state index contributed by atoms with van der Waals surface area (Å²) in [6, 6.07) is 13.3. The van der Waals surface area contributed by atoms with Crippen LogP contribution in [-0.4, -0.2) is 17.6 Å². The summed E-state index contributed by atoms with van der Waals surface area (Å²) in [5.74, 6) is -0.155. The van der Waals surface area contributed by atoms with E-state index in [2.05, 4.69) is 27.9 Å². The molecule has 2 rings (SSSR count). The van der Waals surface area contributed by atoms with E-state index >= 15 is 0 Å². The summed E-state index contributed by atoms with van der Waals surface area (Å²) in [6.45, 7) is 4.12. The highest BCUT2D eigenvalue weighted by molar-refractivity contribution is 14.1. The second-order valence-electron chi connectivity index (χ2n) is 5.05. The lowest BCUT2D eigenvalue weighted by molar-refractivity contribution is 0.0915. The third kappa shape index (κ3) is 4.04. The summed E-state index contributed by atoms with van der Waals surface area (Å²) in [5.41, 5.74) is 3.56. The van der Waals surface area contributed by atoms with E-state index in [1.807, 2.05) is 50.2 Å². The van der Waals surface area contributed by atoms with Crippen LogP contribution < -0.4 is 5.32 Å². The van der Waals surface area contributed by atoms with E-state index in [9.17, 15) is 9.90 Å². The summed E-state index contributed by atoms with van der Waals surface area (Å²) < 4.78 is 1.05. The molecule has 1 atom stereocenters. The van der Waals surface area contributed by atoms with E-state index in [0.717, 1.165) is 20.3 Å². The fourth-order valence-electron chi connectivity index (χ4n) is 2.04. The number of aliphatic hydroxyl groups is 1. The minimum absolute atomic E-state index is 0.155. The molecular weight excluding hydrogens is 377 g/mol. The normalized spacial score (nSPS) is 12.0. The van der Waals surface area contributed by atoms with Gasteiger partial charge in [0.15, 0.2) is 0 Å². The Balaban J connectivity index is 2.00. The Morgan fingerprint density at radius 3 is 2.52 bits per heavy atom. The molecule has 2 aromatic rings. The summed E-state index contributed by atoms with van der Waals surface area (Å²) >= 11 is 2.21. The Bertz CT molecular complexity index is 638. The van der Waals surface area contributed by atoms with Gasteiger partial charge < -0.3 is 10.4 Å². The van der Waals surface area contributed by atoms with Crippen molar-refractivity contribution in [1.29, 1.82) is 0 Å². The first kappa shape index (κ1) is 16.0. The molecule has 0 heterocycles. The molecule has 0 spiro atoms. The molecule has 1 amide bonds. The van der Waals surface area contributed by atoms with Crippen LogP contribution in [0.3, 0.4) is 0 Å². The standard InChI is InChI=1S/C17H18INO2/c1-11-6-8-13(9-7-11)16(20)10-19-17(21)14-4-3-5-15(18)12(14)2/h3-9,16,20H,10H2,1-2H3,(H,19,21)/t16-/m0/s1. The molecule has 0 saturated heterocycles. The summed E-state index contributed by atoms with van der Waals surface area (Å²) in [6.07, 6.45) is -0.697. The fourth-order valence-corrected chi connectivity index (χ4v) is 2.54. The Kier molecular flexibility index (Phi) is 5.36. The highest BCUT2D eigenvalue weighted by Crippen LogP contribution is 2.16. The van der Waals surface area contributed by atoms with Crippen molar-refractivity contribution in [1.82, 2.24) is 5.32 Å². The summed E-state index contributed by atoms with van der Waals surface area (Å²) in [4.78, 5) is 12.2. The van der Waals surface area contributed by atoms with Crippen LogP contribution in [-0.2, 0) is 0 Å². The third-order valence-electron chi connectivity index (χ3n) is 3.43. The van der Waals surface area contributed by atoms with Gasteiger partial charge in [0.05, 0.1) is 6.10 Å². The average molecular weight is 395 g/mol. The monoisotopic (exact) mass is 395 g/mol. The molecule has 0 aromatic heterocycles. The van der Waals surface area contributed by atoms with Gasteiger partial charge in [-0.05, 0) is 59.7 Å². The van der Waals surface area contributed by atoms with Crippen molar-refractivity contribution in [2.24, 2.45) is 0 Å². The highest BCUT2D eigenvalue weighted by atomic mass is 127. The molecule has 3 nitrogen and oxygen atoms in total. The van der Waals surface area contributed by atoms with E-state index in [1.165, 1.54) is 0 Å². The van der Waals surface area contributed by atoms with Crippen LogP contribution in [0, 0.1) is 17.4 Å². The van der Waals surface area contributed by atoms with E-state index in [0.29, 0.717) is 5.56 Å². The van der Waals surface area contributed by atoms with Crippen LogP contribution in [0.15, 0.2) is 42.5 Å². The number of hydrogen-bond donors (Lipinski definition) is 2. The van der Waals surface area contributed by atoms with E-state index in [4.69, 9.17) is 0 Å². The maximum absolute atomic E-state index is 12.2. The van der Waals surface area contributed by atoms with Crippen molar-refractivity contribution >= 4 is 28.5 Å². The van der Waals surface area contributed by atoms with Crippen molar-refractivity contribution in [3.8, 4) is 0 Å². The molecule has 0 fully saturated rings. The molecule has 21 heavy (non-hydrogen) atoms. The van der Waals surface area contributed by atoms with Crippen LogP contribution in [0.25, 0.3) is 0 Å². The Labute approximate surface area is 138 Å². The van der Waals surface area contributed by atoms with Crippen molar-refractivity contribution in [2.45, 2.75) is 20.0 Å². The maximum Gasteiger partial charge on any atom is 0.251 e. The van der Waals surface area contributed by atoms with Crippen LogP contribution in [0.2, 0.25) is 0 Å². The van der Waals surface area contributed by atoms with E-state index < -0.39 is 6.10 Å². The molecule has 4 heteroatoms. The lowest BCUT2D eigenvalue weighted by atomic mass is 10.1. The minimum atomic E-state index is -0.697. The Hall–Kier alpha value is -1.40. The van der Waals surface area contributed by atoms with Crippen LogP contribution >= 0.6 is 22.6 Å². The van der Waals surface area contributed by atoms with Gasteiger partial charge in [0.1, 0.15) is 0 Å². The summed E-state index contributed by atoms with van der Waals surface area (Å²) in [5, 5.41) is 12.9. The fraction of sp³-hybridized carbons (Fsp3) is 0.235. The van der Waals surface area contributed by atoms with Crippen LogP contribution in [0.5, 0.6) is 0 Å². The number of benzene rings is 2. The van der Waals surface area contributed by atoms with Gasteiger partial charge in [-0.15, -0.1) is 0 Å². The Morgan fingerprint density at radius 2 is 1.86 bits per heavy atom. The number of aryl methyl sites for hydroxylation is 1. The van der Waals surface area contributed by atoms with Crippen molar-refractivity contribution in [3.05, 3.63) is 68.3 Å². The van der Waals surface area contributed by atoms with Crippen LogP contribution in [0.4, 0.5) is 0 Å². The molecule has 0 aliphatic rings. The average Bonchev–Trinajstić information content (AvgIpc) is 2.48. The molecule has 2 N–H and O–H groups in total. The first-order valence-electron chi connectivity index (χ1n) is 6.77. The van der Waals surface area contributed by atoms with Gasteiger partial charge in [0.25, 0.3) is 5.91 Å². The van der Waals surface area contributed by atoms with Crippen LogP contribution in [0.1, 0.15) is 33.2 Å². The van der Waals surface area contributed by atoms with E-state index in [1.54, 1.807) is 6.07 Å². The minimum Gasteiger partial charge on any atom is -0.387 e. The predicted octanol–water partition coefficient (Wildman–Crippen LogP) is 3.37.